The highest BCUT2D eigenvalue weighted by Crippen LogP contribution is 2.20. The second kappa shape index (κ2) is 8.64. The van der Waals surface area contributed by atoms with Crippen molar-refractivity contribution in [1.29, 1.82) is 0 Å². The van der Waals surface area contributed by atoms with Crippen molar-refractivity contribution in [3.8, 4) is 0 Å². The Balaban J connectivity index is 1.42. The van der Waals surface area contributed by atoms with Crippen molar-refractivity contribution < 1.29 is 9.53 Å². The quantitative estimate of drug-likeness (QED) is 0.710. The fourth-order valence-electron chi connectivity index (χ4n) is 3.56. The van der Waals surface area contributed by atoms with Gasteiger partial charge in [-0.1, -0.05) is 6.07 Å². The van der Waals surface area contributed by atoms with Gasteiger partial charge in [-0.2, -0.15) is 0 Å². The molecule has 1 aliphatic rings. The van der Waals surface area contributed by atoms with Crippen LogP contribution in [-0.2, 0) is 16.0 Å². The van der Waals surface area contributed by atoms with Gasteiger partial charge in [0.15, 0.2) is 0 Å². The van der Waals surface area contributed by atoms with Crippen LogP contribution in [0.15, 0.2) is 12.1 Å². The number of nitrogens with one attached hydrogen (secondary N) is 2. The molecule has 6 heteroatoms. The number of benzene rings is 1. The van der Waals surface area contributed by atoms with E-state index in [0.717, 1.165) is 62.4 Å². The van der Waals surface area contributed by atoms with Crippen LogP contribution in [0.2, 0.25) is 0 Å². The van der Waals surface area contributed by atoms with E-state index in [-0.39, 0.29) is 11.8 Å². The lowest BCUT2D eigenvalue weighted by atomic mass is 10.1. The minimum absolute atomic E-state index is 0.115. The van der Waals surface area contributed by atoms with Gasteiger partial charge in [0.25, 0.3) is 0 Å². The van der Waals surface area contributed by atoms with Crippen LogP contribution in [0.5, 0.6) is 0 Å². The summed E-state index contributed by atoms with van der Waals surface area (Å²) in [6.45, 7) is 8.38. The molecule has 1 aromatic carbocycles. The summed E-state index contributed by atoms with van der Waals surface area (Å²) in [5.41, 5.74) is 4.65. The van der Waals surface area contributed by atoms with Crippen molar-refractivity contribution >= 4 is 16.9 Å². The van der Waals surface area contributed by atoms with Crippen molar-refractivity contribution in [3.63, 3.8) is 0 Å². The first-order chi connectivity index (χ1) is 12.6. The summed E-state index contributed by atoms with van der Waals surface area (Å²) < 4.78 is 5.11. The molecule has 2 N–H and O–H groups in total. The number of aryl methyl sites for hydroxylation is 3. The van der Waals surface area contributed by atoms with Crippen LogP contribution >= 0.6 is 0 Å². The average molecular weight is 358 g/mol. The molecule has 1 amide bonds. The number of amides is 1. The third-order valence-electron chi connectivity index (χ3n) is 5.37. The Bertz CT molecular complexity index is 756. The molecule has 1 saturated heterocycles. The van der Waals surface area contributed by atoms with Crippen molar-refractivity contribution in [2.75, 3.05) is 39.9 Å². The number of hydrogen-bond acceptors (Lipinski definition) is 4. The molecule has 2 aromatic rings. The maximum Gasteiger partial charge on any atom is 0.224 e. The molecule has 142 valence electrons. The van der Waals surface area contributed by atoms with Gasteiger partial charge in [0.2, 0.25) is 5.91 Å². The zero-order valence-electron chi connectivity index (χ0n) is 16.1. The van der Waals surface area contributed by atoms with Crippen molar-refractivity contribution in [3.05, 3.63) is 29.1 Å². The molecule has 0 saturated carbocycles. The molecule has 1 fully saturated rings. The number of rotatable bonds is 8. The van der Waals surface area contributed by atoms with Crippen molar-refractivity contribution in [2.45, 2.75) is 33.1 Å². The highest BCUT2D eigenvalue weighted by atomic mass is 16.5. The Labute approximate surface area is 155 Å². The predicted molar refractivity (Wildman–Crippen MR) is 103 cm³/mol. The average Bonchev–Trinajstić information content (AvgIpc) is 3.27. The first kappa shape index (κ1) is 18.9. The van der Waals surface area contributed by atoms with Gasteiger partial charge in [-0.3, -0.25) is 4.79 Å². The lowest BCUT2D eigenvalue weighted by Crippen LogP contribution is -2.34. The number of imidazole rings is 1. The summed E-state index contributed by atoms with van der Waals surface area (Å²) in [7, 11) is 1.71. The van der Waals surface area contributed by atoms with Gasteiger partial charge in [-0.25, -0.2) is 4.98 Å². The van der Waals surface area contributed by atoms with Crippen LogP contribution in [0.1, 0.15) is 29.8 Å². The Morgan fingerprint density at radius 3 is 3.08 bits per heavy atom. The minimum Gasteiger partial charge on any atom is -0.383 e. The Hall–Kier alpha value is -1.92. The number of H-pyrrole nitrogens is 1. The molecule has 0 aliphatic carbocycles. The molecule has 0 bridgehead atoms. The number of ether oxygens (including phenoxy) is 1. The highest BCUT2D eigenvalue weighted by molar-refractivity contribution is 5.80. The van der Waals surface area contributed by atoms with Crippen LogP contribution in [0.3, 0.4) is 0 Å². The summed E-state index contributed by atoms with van der Waals surface area (Å²) in [6, 6.07) is 4.21. The van der Waals surface area contributed by atoms with Gasteiger partial charge in [0.1, 0.15) is 5.82 Å². The Morgan fingerprint density at radius 1 is 1.42 bits per heavy atom. The lowest BCUT2D eigenvalue weighted by Gasteiger charge is -2.15. The van der Waals surface area contributed by atoms with Gasteiger partial charge in [-0.15, -0.1) is 0 Å². The summed E-state index contributed by atoms with van der Waals surface area (Å²) in [5, 5.41) is 3.09. The fourth-order valence-corrected chi connectivity index (χ4v) is 3.56. The van der Waals surface area contributed by atoms with Gasteiger partial charge >= 0.3 is 0 Å². The molecule has 6 nitrogen and oxygen atoms in total. The number of likely N-dealkylation sites (tertiary alicyclic amines) is 1. The normalized spacial score (nSPS) is 17.9. The van der Waals surface area contributed by atoms with E-state index in [2.05, 4.69) is 41.2 Å². The number of nitrogens with zero attached hydrogens (tertiary/aromatic N) is 2. The van der Waals surface area contributed by atoms with Crippen LogP contribution in [0.4, 0.5) is 0 Å². The third kappa shape index (κ3) is 4.43. The summed E-state index contributed by atoms with van der Waals surface area (Å²) in [5.74, 6) is 1.29. The third-order valence-corrected chi connectivity index (χ3v) is 5.37. The lowest BCUT2D eigenvalue weighted by molar-refractivity contribution is -0.124. The first-order valence-electron chi connectivity index (χ1n) is 9.52. The smallest absolute Gasteiger partial charge is 0.224 e. The first-order valence-corrected chi connectivity index (χ1v) is 9.52. The molecular weight excluding hydrogens is 328 g/mol. The topological polar surface area (TPSA) is 70.2 Å². The number of aromatic nitrogens is 2. The van der Waals surface area contributed by atoms with Crippen LogP contribution in [-0.4, -0.2) is 60.7 Å². The van der Waals surface area contributed by atoms with E-state index in [4.69, 9.17) is 9.72 Å². The standard InChI is InChI=1S/C20H30N4O2/c1-14-6-7-17-19(15(14)2)23-18(22-17)5-4-9-21-20(25)16-8-10-24(13-16)11-12-26-3/h6-7,16H,4-5,8-13H2,1-3H3,(H,21,25)(H,22,23). The summed E-state index contributed by atoms with van der Waals surface area (Å²) in [4.78, 5) is 22.7. The Kier molecular flexibility index (Phi) is 6.27. The second-order valence-corrected chi connectivity index (χ2v) is 7.26. The van der Waals surface area contributed by atoms with E-state index in [0.29, 0.717) is 6.54 Å². The predicted octanol–water partition coefficient (Wildman–Crippen LogP) is 2.20. The molecule has 0 radical (unpaired) electrons. The van der Waals surface area contributed by atoms with E-state index >= 15 is 0 Å². The van der Waals surface area contributed by atoms with Gasteiger partial charge in [-0.05, 0) is 50.4 Å². The van der Waals surface area contributed by atoms with Gasteiger partial charge < -0.3 is 19.9 Å². The largest absolute Gasteiger partial charge is 0.383 e. The molecule has 3 rings (SSSR count). The summed E-state index contributed by atoms with van der Waals surface area (Å²) >= 11 is 0. The van der Waals surface area contributed by atoms with Crippen molar-refractivity contribution in [1.82, 2.24) is 20.2 Å². The zero-order valence-corrected chi connectivity index (χ0v) is 16.1. The summed E-state index contributed by atoms with van der Waals surface area (Å²) in [6.07, 6.45) is 2.68. The van der Waals surface area contributed by atoms with E-state index in [9.17, 15) is 4.79 Å². The SMILES string of the molecule is COCCN1CCC(C(=O)NCCCc2nc3c(C)c(C)ccc3[nH]2)C1. The molecule has 1 atom stereocenters. The van der Waals surface area contributed by atoms with Crippen LogP contribution < -0.4 is 5.32 Å². The molecular formula is C20H30N4O2. The number of carbonyl (C=O) groups excluding carboxylic acids is 1. The Morgan fingerprint density at radius 2 is 2.27 bits per heavy atom. The molecule has 1 aromatic heterocycles. The monoisotopic (exact) mass is 358 g/mol. The number of aromatic amines is 1. The molecule has 1 aliphatic heterocycles. The second-order valence-electron chi connectivity index (χ2n) is 7.26. The van der Waals surface area contributed by atoms with E-state index in [1.807, 2.05) is 0 Å². The van der Waals surface area contributed by atoms with Crippen LogP contribution in [0, 0.1) is 19.8 Å². The molecule has 0 spiro atoms. The highest BCUT2D eigenvalue weighted by Gasteiger charge is 2.27. The zero-order chi connectivity index (χ0) is 18.5. The van der Waals surface area contributed by atoms with Crippen LogP contribution in [0.25, 0.3) is 11.0 Å². The number of methoxy groups -OCH3 is 1. The van der Waals surface area contributed by atoms with E-state index < -0.39 is 0 Å². The van der Waals surface area contributed by atoms with Gasteiger partial charge in [0, 0.05) is 33.2 Å². The van der Waals surface area contributed by atoms with Gasteiger partial charge in [0.05, 0.1) is 23.6 Å². The molecule has 1 unspecified atom stereocenters. The number of fused-ring (bicyclic) bond motifs is 1. The van der Waals surface area contributed by atoms with E-state index in [1.54, 1.807) is 7.11 Å². The maximum absolute atomic E-state index is 12.3. The number of carbonyl (C=O) groups is 1. The van der Waals surface area contributed by atoms with E-state index in [1.165, 1.54) is 11.1 Å². The molecule has 26 heavy (non-hydrogen) atoms. The fraction of sp³-hybridized carbons (Fsp3) is 0.600. The number of hydrogen-bond donors (Lipinski definition) is 2. The molecule has 2 heterocycles. The maximum atomic E-state index is 12.3. The van der Waals surface area contributed by atoms with Crippen molar-refractivity contribution in [2.24, 2.45) is 5.92 Å². The minimum atomic E-state index is 0.115.